The van der Waals surface area contributed by atoms with Gasteiger partial charge in [-0.2, -0.15) is 0 Å². The van der Waals surface area contributed by atoms with Gasteiger partial charge in [0.15, 0.2) is 5.82 Å². The van der Waals surface area contributed by atoms with Crippen LogP contribution in [0.25, 0.3) is 5.82 Å². The first kappa shape index (κ1) is 7.85. The molecule has 0 saturated carbocycles. The van der Waals surface area contributed by atoms with Gasteiger partial charge in [0.1, 0.15) is 12.7 Å². The first-order valence-corrected chi connectivity index (χ1v) is 4.06. The van der Waals surface area contributed by atoms with E-state index >= 15 is 0 Å². The van der Waals surface area contributed by atoms with Gasteiger partial charge >= 0.3 is 0 Å². The SMILES string of the molecule is CCc1cnc(-n2cnnc2)cn1. The zero-order valence-electron chi connectivity index (χ0n) is 7.25. The minimum atomic E-state index is 0.738. The van der Waals surface area contributed by atoms with Gasteiger partial charge in [0.25, 0.3) is 0 Å². The summed E-state index contributed by atoms with van der Waals surface area (Å²) in [5.41, 5.74) is 0.983. The second kappa shape index (κ2) is 3.30. The van der Waals surface area contributed by atoms with Crippen LogP contribution in [-0.2, 0) is 6.42 Å². The summed E-state index contributed by atoms with van der Waals surface area (Å²) in [5, 5.41) is 7.37. The van der Waals surface area contributed by atoms with Crippen molar-refractivity contribution in [1.82, 2.24) is 24.7 Å². The Balaban J connectivity index is 2.33. The molecule has 0 aliphatic carbocycles. The Morgan fingerprint density at radius 2 is 1.92 bits per heavy atom. The first-order chi connectivity index (χ1) is 6.40. The molecule has 5 heteroatoms. The van der Waals surface area contributed by atoms with E-state index in [1.165, 1.54) is 0 Å². The number of aryl methyl sites for hydroxylation is 1. The van der Waals surface area contributed by atoms with Crippen molar-refractivity contribution in [3.05, 3.63) is 30.7 Å². The van der Waals surface area contributed by atoms with Crippen LogP contribution in [0.1, 0.15) is 12.6 Å². The number of nitrogens with zero attached hydrogens (tertiary/aromatic N) is 5. The Morgan fingerprint density at radius 3 is 2.46 bits per heavy atom. The van der Waals surface area contributed by atoms with Gasteiger partial charge in [-0.1, -0.05) is 6.92 Å². The Bertz CT molecular complexity index is 364. The predicted molar refractivity (Wildman–Crippen MR) is 46.3 cm³/mol. The number of aromatic nitrogens is 5. The van der Waals surface area contributed by atoms with E-state index in [-0.39, 0.29) is 0 Å². The molecule has 2 rings (SSSR count). The summed E-state index contributed by atoms with van der Waals surface area (Å²) >= 11 is 0. The standard InChI is InChI=1S/C8H9N5/c1-2-7-3-10-8(4-9-7)13-5-11-12-6-13/h3-6H,2H2,1H3. The maximum Gasteiger partial charge on any atom is 0.157 e. The summed E-state index contributed by atoms with van der Waals surface area (Å²) in [6, 6.07) is 0. The van der Waals surface area contributed by atoms with E-state index in [1.54, 1.807) is 29.6 Å². The van der Waals surface area contributed by atoms with Crippen LogP contribution >= 0.6 is 0 Å². The molecule has 2 aromatic heterocycles. The fourth-order valence-electron chi connectivity index (χ4n) is 0.983. The molecule has 0 aliphatic rings. The van der Waals surface area contributed by atoms with Crippen LogP contribution in [0.2, 0.25) is 0 Å². The highest BCUT2D eigenvalue weighted by molar-refractivity contribution is 5.17. The molecule has 0 radical (unpaired) electrons. The van der Waals surface area contributed by atoms with Crippen molar-refractivity contribution < 1.29 is 0 Å². The number of hydrogen-bond acceptors (Lipinski definition) is 4. The second-order valence-electron chi connectivity index (χ2n) is 2.59. The Labute approximate surface area is 75.5 Å². The maximum atomic E-state index is 4.21. The van der Waals surface area contributed by atoms with Crippen LogP contribution in [0.4, 0.5) is 0 Å². The molecular weight excluding hydrogens is 166 g/mol. The average molecular weight is 175 g/mol. The lowest BCUT2D eigenvalue weighted by atomic mass is 10.4. The van der Waals surface area contributed by atoms with Crippen molar-refractivity contribution in [3.8, 4) is 5.82 Å². The molecule has 0 aromatic carbocycles. The zero-order valence-corrected chi connectivity index (χ0v) is 7.25. The lowest BCUT2D eigenvalue weighted by Gasteiger charge is -1.99. The molecule has 5 nitrogen and oxygen atoms in total. The third kappa shape index (κ3) is 1.53. The molecule has 2 aromatic rings. The summed E-state index contributed by atoms with van der Waals surface area (Å²) in [7, 11) is 0. The molecular formula is C8H9N5. The van der Waals surface area contributed by atoms with Crippen molar-refractivity contribution >= 4 is 0 Å². The van der Waals surface area contributed by atoms with Crippen LogP contribution in [0, 0.1) is 0 Å². The number of hydrogen-bond donors (Lipinski definition) is 0. The lowest BCUT2D eigenvalue weighted by molar-refractivity contribution is 0.926. The van der Waals surface area contributed by atoms with Crippen molar-refractivity contribution in [3.63, 3.8) is 0 Å². The van der Waals surface area contributed by atoms with Crippen molar-refractivity contribution in [2.24, 2.45) is 0 Å². The largest absolute Gasteiger partial charge is 0.271 e. The Hall–Kier alpha value is -1.78. The summed E-state index contributed by atoms with van der Waals surface area (Å²) < 4.78 is 1.71. The van der Waals surface area contributed by atoms with E-state index < -0.39 is 0 Å². The molecule has 0 bridgehead atoms. The third-order valence-electron chi connectivity index (χ3n) is 1.74. The molecule has 0 fully saturated rings. The molecule has 0 saturated heterocycles. The first-order valence-electron chi connectivity index (χ1n) is 4.06. The lowest BCUT2D eigenvalue weighted by Crippen LogP contribution is -1.97. The Kier molecular flexibility index (Phi) is 1.99. The molecule has 2 heterocycles. The van der Waals surface area contributed by atoms with Gasteiger partial charge < -0.3 is 0 Å². The molecule has 0 amide bonds. The van der Waals surface area contributed by atoms with Crippen LogP contribution < -0.4 is 0 Å². The fourth-order valence-corrected chi connectivity index (χ4v) is 0.983. The highest BCUT2D eigenvalue weighted by Crippen LogP contribution is 2.00. The summed E-state index contributed by atoms with van der Waals surface area (Å²) in [5.74, 6) is 0.738. The molecule has 0 aliphatic heterocycles. The quantitative estimate of drug-likeness (QED) is 0.671. The summed E-state index contributed by atoms with van der Waals surface area (Å²) in [4.78, 5) is 8.43. The predicted octanol–water partition coefficient (Wildman–Crippen LogP) is 0.620. The fraction of sp³-hybridized carbons (Fsp3) is 0.250. The van der Waals surface area contributed by atoms with Gasteiger partial charge in [-0.3, -0.25) is 9.55 Å². The van der Waals surface area contributed by atoms with Gasteiger partial charge in [0.05, 0.1) is 18.1 Å². The van der Waals surface area contributed by atoms with Gasteiger partial charge in [-0.05, 0) is 6.42 Å². The van der Waals surface area contributed by atoms with Gasteiger partial charge in [0, 0.05) is 0 Å². The van der Waals surface area contributed by atoms with E-state index in [0.29, 0.717) is 0 Å². The highest BCUT2D eigenvalue weighted by atomic mass is 15.3. The van der Waals surface area contributed by atoms with Crippen molar-refractivity contribution in [1.29, 1.82) is 0 Å². The smallest absolute Gasteiger partial charge is 0.157 e. The van der Waals surface area contributed by atoms with Crippen LogP contribution in [0.15, 0.2) is 25.0 Å². The van der Waals surface area contributed by atoms with Crippen LogP contribution in [0.3, 0.4) is 0 Å². The van der Waals surface area contributed by atoms with E-state index in [4.69, 9.17) is 0 Å². The molecule has 0 atom stereocenters. The van der Waals surface area contributed by atoms with Crippen LogP contribution in [-0.4, -0.2) is 24.7 Å². The number of rotatable bonds is 2. The molecule has 0 N–H and O–H groups in total. The zero-order chi connectivity index (χ0) is 9.10. The monoisotopic (exact) mass is 175 g/mol. The van der Waals surface area contributed by atoms with E-state index in [9.17, 15) is 0 Å². The average Bonchev–Trinajstić information content (AvgIpc) is 2.71. The minimum absolute atomic E-state index is 0.738. The normalized spacial score (nSPS) is 10.2. The van der Waals surface area contributed by atoms with Gasteiger partial charge in [-0.25, -0.2) is 4.98 Å². The van der Waals surface area contributed by atoms with Crippen molar-refractivity contribution in [2.45, 2.75) is 13.3 Å². The van der Waals surface area contributed by atoms with E-state index in [0.717, 1.165) is 17.9 Å². The molecule has 66 valence electrons. The van der Waals surface area contributed by atoms with Gasteiger partial charge in [0.2, 0.25) is 0 Å². The third-order valence-corrected chi connectivity index (χ3v) is 1.74. The Morgan fingerprint density at radius 1 is 1.15 bits per heavy atom. The van der Waals surface area contributed by atoms with Crippen LogP contribution in [0.5, 0.6) is 0 Å². The maximum absolute atomic E-state index is 4.21. The van der Waals surface area contributed by atoms with E-state index in [1.807, 2.05) is 6.92 Å². The molecule has 0 unspecified atom stereocenters. The molecule has 13 heavy (non-hydrogen) atoms. The molecule has 0 spiro atoms. The van der Waals surface area contributed by atoms with Gasteiger partial charge in [-0.15, -0.1) is 10.2 Å². The second-order valence-corrected chi connectivity index (χ2v) is 2.59. The summed E-state index contributed by atoms with van der Waals surface area (Å²) in [6.07, 6.45) is 7.55. The summed E-state index contributed by atoms with van der Waals surface area (Å²) in [6.45, 7) is 2.04. The van der Waals surface area contributed by atoms with E-state index in [2.05, 4.69) is 20.2 Å². The minimum Gasteiger partial charge on any atom is -0.271 e. The topological polar surface area (TPSA) is 56.5 Å². The van der Waals surface area contributed by atoms with Crippen molar-refractivity contribution in [2.75, 3.05) is 0 Å². The highest BCUT2D eigenvalue weighted by Gasteiger charge is 1.97.